The van der Waals surface area contributed by atoms with Gasteiger partial charge in [-0.05, 0) is 37.5 Å². The van der Waals surface area contributed by atoms with E-state index >= 15 is 0 Å². The van der Waals surface area contributed by atoms with Crippen LogP contribution >= 0.6 is 0 Å². The highest BCUT2D eigenvalue weighted by atomic mass is 19.1. The molecule has 0 saturated carbocycles. The van der Waals surface area contributed by atoms with E-state index in [-0.39, 0.29) is 36.4 Å². The SMILES string of the molecule is COc1ccc(C(C)NC(=O)NC(C)C(C)CO)cc1F. The Morgan fingerprint density at radius 3 is 2.52 bits per heavy atom. The molecule has 1 rings (SSSR count). The van der Waals surface area contributed by atoms with E-state index < -0.39 is 5.82 Å². The van der Waals surface area contributed by atoms with Crippen LogP contribution in [0.25, 0.3) is 0 Å². The molecule has 0 radical (unpaired) electrons. The molecule has 0 spiro atoms. The van der Waals surface area contributed by atoms with Crippen molar-refractivity contribution in [3.63, 3.8) is 0 Å². The van der Waals surface area contributed by atoms with Crippen LogP contribution in [0.1, 0.15) is 32.4 Å². The van der Waals surface area contributed by atoms with Gasteiger partial charge in [-0.2, -0.15) is 0 Å². The molecule has 0 saturated heterocycles. The third-order valence-corrected chi connectivity index (χ3v) is 3.52. The summed E-state index contributed by atoms with van der Waals surface area (Å²) in [5.41, 5.74) is 0.645. The number of urea groups is 1. The summed E-state index contributed by atoms with van der Waals surface area (Å²) in [7, 11) is 1.40. The third-order valence-electron chi connectivity index (χ3n) is 3.52. The predicted molar refractivity (Wildman–Crippen MR) is 78.7 cm³/mol. The van der Waals surface area contributed by atoms with Gasteiger partial charge in [-0.15, -0.1) is 0 Å². The first-order valence-electron chi connectivity index (χ1n) is 6.90. The summed E-state index contributed by atoms with van der Waals surface area (Å²) in [5.74, 6) is -0.336. The second-order valence-electron chi connectivity index (χ2n) is 5.18. The van der Waals surface area contributed by atoms with Crippen molar-refractivity contribution < 1.29 is 19.0 Å². The Morgan fingerprint density at radius 1 is 1.33 bits per heavy atom. The van der Waals surface area contributed by atoms with Crippen molar-refractivity contribution in [2.45, 2.75) is 32.9 Å². The summed E-state index contributed by atoms with van der Waals surface area (Å²) in [6.45, 7) is 5.42. The summed E-state index contributed by atoms with van der Waals surface area (Å²) in [6.07, 6.45) is 0. The Hall–Kier alpha value is -1.82. The van der Waals surface area contributed by atoms with E-state index in [2.05, 4.69) is 10.6 Å². The number of amides is 2. The van der Waals surface area contributed by atoms with Crippen molar-refractivity contribution >= 4 is 6.03 Å². The molecule has 2 amide bonds. The normalized spacial score (nSPS) is 15.0. The lowest BCUT2D eigenvalue weighted by Crippen LogP contribution is -2.44. The van der Waals surface area contributed by atoms with Crippen molar-refractivity contribution in [3.8, 4) is 5.75 Å². The highest BCUT2D eigenvalue weighted by molar-refractivity contribution is 5.74. The van der Waals surface area contributed by atoms with Crippen LogP contribution in [0, 0.1) is 11.7 Å². The second kappa shape index (κ2) is 7.83. The van der Waals surface area contributed by atoms with E-state index in [1.165, 1.54) is 19.2 Å². The topological polar surface area (TPSA) is 70.6 Å². The van der Waals surface area contributed by atoms with Crippen molar-refractivity contribution in [1.82, 2.24) is 10.6 Å². The lowest BCUT2D eigenvalue weighted by atomic mass is 10.1. The lowest BCUT2D eigenvalue weighted by Gasteiger charge is -2.22. The number of rotatable bonds is 6. The van der Waals surface area contributed by atoms with Gasteiger partial charge >= 0.3 is 6.03 Å². The molecule has 0 fully saturated rings. The van der Waals surface area contributed by atoms with E-state index in [0.717, 1.165) is 0 Å². The maximum absolute atomic E-state index is 13.6. The highest BCUT2D eigenvalue weighted by Gasteiger charge is 2.16. The van der Waals surface area contributed by atoms with Crippen LogP contribution in [-0.2, 0) is 0 Å². The number of aliphatic hydroxyl groups excluding tert-OH is 1. The Bertz CT molecular complexity index is 482. The molecule has 0 aliphatic carbocycles. The lowest BCUT2D eigenvalue weighted by molar-refractivity contribution is 0.199. The molecule has 3 unspecified atom stereocenters. The van der Waals surface area contributed by atoms with Gasteiger partial charge in [0.25, 0.3) is 0 Å². The maximum Gasteiger partial charge on any atom is 0.315 e. The number of methoxy groups -OCH3 is 1. The predicted octanol–water partition coefficient (Wildman–Crippen LogP) is 2.21. The van der Waals surface area contributed by atoms with E-state index in [4.69, 9.17) is 9.84 Å². The van der Waals surface area contributed by atoms with Gasteiger partial charge in [0, 0.05) is 12.6 Å². The Balaban J connectivity index is 2.62. The van der Waals surface area contributed by atoms with Crippen molar-refractivity contribution in [1.29, 1.82) is 0 Å². The van der Waals surface area contributed by atoms with Gasteiger partial charge in [0.15, 0.2) is 11.6 Å². The van der Waals surface area contributed by atoms with Crippen LogP contribution in [0.3, 0.4) is 0 Å². The van der Waals surface area contributed by atoms with Gasteiger partial charge in [0.2, 0.25) is 0 Å². The van der Waals surface area contributed by atoms with Gasteiger partial charge in [-0.1, -0.05) is 13.0 Å². The van der Waals surface area contributed by atoms with Gasteiger partial charge in [0.05, 0.1) is 13.2 Å². The van der Waals surface area contributed by atoms with Crippen molar-refractivity contribution in [2.75, 3.05) is 13.7 Å². The van der Waals surface area contributed by atoms with Crippen LogP contribution < -0.4 is 15.4 Å². The fourth-order valence-corrected chi connectivity index (χ4v) is 1.78. The third kappa shape index (κ3) is 4.90. The quantitative estimate of drug-likeness (QED) is 0.754. The smallest absolute Gasteiger partial charge is 0.315 e. The molecule has 0 heterocycles. The number of halogens is 1. The molecule has 1 aromatic carbocycles. The molecule has 3 atom stereocenters. The van der Waals surface area contributed by atoms with Crippen molar-refractivity contribution in [2.24, 2.45) is 5.92 Å². The van der Waals surface area contributed by atoms with E-state index in [9.17, 15) is 9.18 Å². The molecule has 21 heavy (non-hydrogen) atoms. The van der Waals surface area contributed by atoms with E-state index in [1.807, 2.05) is 13.8 Å². The van der Waals surface area contributed by atoms with Gasteiger partial charge in [-0.25, -0.2) is 9.18 Å². The number of ether oxygens (including phenoxy) is 1. The monoisotopic (exact) mass is 298 g/mol. The molecular formula is C15H23FN2O3. The number of carbonyl (C=O) groups excluding carboxylic acids is 1. The van der Waals surface area contributed by atoms with Crippen LogP contribution in [0.5, 0.6) is 5.75 Å². The molecule has 1 aromatic rings. The number of hydrogen-bond acceptors (Lipinski definition) is 3. The van der Waals surface area contributed by atoms with Crippen LogP contribution in [0.2, 0.25) is 0 Å². The molecule has 3 N–H and O–H groups in total. The molecule has 6 heteroatoms. The summed E-state index contributed by atoms with van der Waals surface area (Å²) in [5, 5.41) is 14.5. The zero-order valence-electron chi connectivity index (χ0n) is 12.8. The highest BCUT2D eigenvalue weighted by Crippen LogP contribution is 2.21. The molecule has 5 nitrogen and oxygen atoms in total. The average molecular weight is 298 g/mol. The Kier molecular flexibility index (Phi) is 6.42. The molecule has 0 aliphatic rings. The number of hydrogen-bond donors (Lipinski definition) is 3. The molecule has 0 aliphatic heterocycles. The van der Waals surface area contributed by atoms with Gasteiger partial charge < -0.3 is 20.5 Å². The summed E-state index contributed by atoms with van der Waals surface area (Å²) in [6, 6.07) is 3.70. The first-order valence-corrected chi connectivity index (χ1v) is 6.90. The number of nitrogens with one attached hydrogen (secondary N) is 2. The zero-order chi connectivity index (χ0) is 16.0. The fourth-order valence-electron chi connectivity index (χ4n) is 1.78. The minimum absolute atomic E-state index is 0.000686. The molecular weight excluding hydrogens is 275 g/mol. The summed E-state index contributed by atoms with van der Waals surface area (Å²) >= 11 is 0. The van der Waals surface area contributed by atoms with Crippen LogP contribution in [0.15, 0.2) is 18.2 Å². The Morgan fingerprint density at radius 2 is 2.00 bits per heavy atom. The van der Waals surface area contributed by atoms with Gasteiger partial charge in [-0.3, -0.25) is 0 Å². The van der Waals surface area contributed by atoms with Crippen molar-refractivity contribution in [3.05, 3.63) is 29.6 Å². The minimum atomic E-state index is -0.466. The zero-order valence-corrected chi connectivity index (χ0v) is 12.8. The standard InChI is InChI=1S/C15H23FN2O3/c1-9(8-19)10(2)17-15(20)18-11(3)12-5-6-14(21-4)13(16)7-12/h5-7,9-11,19H,8H2,1-4H3,(H2,17,18,20). The fraction of sp³-hybridized carbons (Fsp3) is 0.533. The van der Waals surface area contributed by atoms with E-state index in [0.29, 0.717) is 5.56 Å². The van der Waals surface area contributed by atoms with E-state index in [1.54, 1.807) is 13.0 Å². The minimum Gasteiger partial charge on any atom is -0.494 e. The first-order chi connectivity index (χ1) is 9.88. The largest absolute Gasteiger partial charge is 0.494 e. The number of benzene rings is 1. The average Bonchev–Trinajstić information content (AvgIpc) is 2.45. The molecule has 118 valence electrons. The molecule has 0 bridgehead atoms. The maximum atomic E-state index is 13.6. The first kappa shape index (κ1) is 17.2. The van der Waals surface area contributed by atoms with Crippen LogP contribution in [-0.4, -0.2) is 30.9 Å². The second-order valence-corrected chi connectivity index (χ2v) is 5.18. The van der Waals surface area contributed by atoms with Crippen LogP contribution in [0.4, 0.5) is 9.18 Å². The molecule has 0 aromatic heterocycles. The number of aliphatic hydroxyl groups is 1. The Labute approximate surface area is 124 Å². The van der Waals surface area contributed by atoms with Gasteiger partial charge in [0.1, 0.15) is 0 Å². The number of carbonyl (C=O) groups is 1. The summed E-state index contributed by atoms with van der Waals surface area (Å²) in [4.78, 5) is 11.8. The summed E-state index contributed by atoms with van der Waals surface area (Å²) < 4.78 is 18.5.